The predicted molar refractivity (Wildman–Crippen MR) is 49.8 cm³/mol. The van der Waals surface area contributed by atoms with Crippen LogP contribution < -0.4 is 5.73 Å². The van der Waals surface area contributed by atoms with E-state index in [1.54, 1.807) is 0 Å². The van der Waals surface area contributed by atoms with Gasteiger partial charge in [-0.25, -0.2) is 0 Å². The van der Waals surface area contributed by atoms with E-state index in [9.17, 15) is 4.79 Å². The van der Waals surface area contributed by atoms with Crippen molar-refractivity contribution in [1.29, 1.82) is 0 Å². The van der Waals surface area contributed by atoms with Gasteiger partial charge in [-0.3, -0.25) is 0 Å². The molecular formula is C10H19NO. The van der Waals surface area contributed by atoms with Gasteiger partial charge < -0.3 is 10.5 Å². The predicted octanol–water partition coefficient (Wildman–Crippen LogP) is 1.73. The van der Waals surface area contributed by atoms with Gasteiger partial charge in [-0.05, 0) is 30.7 Å². The number of hydrogen-bond donors (Lipinski definition) is 1. The van der Waals surface area contributed by atoms with Crippen molar-refractivity contribution in [2.45, 2.75) is 39.0 Å². The third-order valence-corrected chi connectivity index (χ3v) is 3.13. The quantitative estimate of drug-likeness (QED) is 0.654. The van der Waals surface area contributed by atoms with Crippen LogP contribution in [-0.2, 0) is 4.79 Å². The van der Waals surface area contributed by atoms with Crippen molar-refractivity contribution in [2.24, 2.45) is 17.1 Å². The fraction of sp³-hybridized carbons (Fsp3) is 0.900. The van der Waals surface area contributed by atoms with Crippen LogP contribution in [-0.4, -0.2) is 12.8 Å². The average molecular weight is 169 g/mol. The largest absolute Gasteiger partial charge is 0.330 e. The van der Waals surface area contributed by atoms with Gasteiger partial charge in [0.1, 0.15) is 6.29 Å². The van der Waals surface area contributed by atoms with Crippen molar-refractivity contribution >= 4 is 6.29 Å². The molecule has 0 spiro atoms. The molecule has 1 saturated carbocycles. The average Bonchev–Trinajstić information content (AvgIpc) is 2.05. The summed E-state index contributed by atoms with van der Waals surface area (Å²) in [5, 5.41) is 0. The van der Waals surface area contributed by atoms with E-state index in [1.165, 1.54) is 12.8 Å². The summed E-state index contributed by atoms with van der Waals surface area (Å²) in [5.41, 5.74) is 5.88. The van der Waals surface area contributed by atoms with E-state index in [4.69, 9.17) is 5.73 Å². The highest BCUT2D eigenvalue weighted by Gasteiger charge is 2.32. The monoisotopic (exact) mass is 169 g/mol. The molecule has 2 atom stereocenters. The number of aldehydes is 1. The molecule has 1 rings (SSSR count). The van der Waals surface area contributed by atoms with Gasteiger partial charge >= 0.3 is 0 Å². The Morgan fingerprint density at radius 1 is 1.67 bits per heavy atom. The summed E-state index contributed by atoms with van der Waals surface area (Å²) in [5.74, 6) is 0.752. The standard InChI is InChI=1S/C10H19NO/c1-9-3-2-4-10(7-9,8-11)5-6-12/h6,9H,2-5,7-8,11H2,1H3/t9-,10-/m1/s1. The van der Waals surface area contributed by atoms with Gasteiger partial charge in [0.25, 0.3) is 0 Å². The maximum atomic E-state index is 10.5. The molecule has 0 aromatic rings. The molecule has 70 valence electrons. The molecule has 0 radical (unpaired) electrons. The number of nitrogens with two attached hydrogens (primary N) is 1. The maximum Gasteiger partial charge on any atom is 0.120 e. The summed E-state index contributed by atoms with van der Waals surface area (Å²) in [4.78, 5) is 10.5. The summed E-state index contributed by atoms with van der Waals surface area (Å²) in [6.07, 6.45) is 6.53. The Bertz CT molecular complexity index is 158. The second-order valence-electron chi connectivity index (χ2n) is 4.28. The van der Waals surface area contributed by atoms with Crippen LogP contribution in [0.1, 0.15) is 39.0 Å². The lowest BCUT2D eigenvalue weighted by Crippen LogP contribution is -2.35. The van der Waals surface area contributed by atoms with E-state index in [-0.39, 0.29) is 5.41 Å². The van der Waals surface area contributed by atoms with Crippen molar-refractivity contribution in [3.05, 3.63) is 0 Å². The molecular weight excluding hydrogens is 150 g/mol. The van der Waals surface area contributed by atoms with E-state index in [1.807, 2.05) is 0 Å². The Kier molecular flexibility index (Phi) is 3.27. The lowest BCUT2D eigenvalue weighted by Gasteiger charge is -2.37. The van der Waals surface area contributed by atoms with Crippen LogP contribution >= 0.6 is 0 Å². The summed E-state index contributed by atoms with van der Waals surface area (Å²) < 4.78 is 0. The smallest absolute Gasteiger partial charge is 0.120 e. The Labute approximate surface area is 74.5 Å². The van der Waals surface area contributed by atoms with Crippen LogP contribution in [0.3, 0.4) is 0 Å². The SMILES string of the molecule is C[C@@H]1CCC[C@@](CN)(CC=O)C1. The molecule has 1 aliphatic rings. The minimum atomic E-state index is 0.152. The van der Waals surface area contributed by atoms with E-state index in [0.717, 1.165) is 25.0 Å². The lowest BCUT2D eigenvalue weighted by molar-refractivity contribution is -0.110. The first-order valence-corrected chi connectivity index (χ1v) is 4.86. The Hall–Kier alpha value is -0.370. The summed E-state index contributed by atoms with van der Waals surface area (Å²) in [6.45, 7) is 2.93. The molecule has 0 heterocycles. The summed E-state index contributed by atoms with van der Waals surface area (Å²) in [6, 6.07) is 0. The molecule has 0 aliphatic heterocycles. The zero-order chi connectivity index (χ0) is 9.03. The normalized spacial score (nSPS) is 36.3. The van der Waals surface area contributed by atoms with Crippen molar-refractivity contribution < 1.29 is 4.79 Å². The minimum Gasteiger partial charge on any atom is -0.330 e. The fourth-order valence-corrected chi connectivity index (χ4v) is 2.40. The van der Waals surface area contributed by atoms with E-state index < -0.39 is 0 Å². The molecule has 0 aromatic carbocycles. The maximum absolute atomic E-state index is 10.5. The summed E-state index contributed by atoms with van der Waals surface area (Å²) >= 11 is 0. The van der Waals surface area contributed by atoms with Crippen LogP contribution in [0.25, 0.3) is 0 Å². The zero-order valence-electron chi connectivity index (χ0n) is 7.88. The van der Waals surface area contributed by atoms with Crippen molar-refractivity contribution in [3.63, 3.8) is 0 Å². The molecule has 1 fully saturated rings. The number of carbonyl (C=O) groups is 1. The molecule has 0 aromatic heterocycles. The van der Waals surface area contributed by atoms with E-state index >= 15 is 0 Å². The third kappa shape index (κ3) is 2.07. The highest BCUT2D eigenvalue weighted by atomic mass is 16.1. The molecule has 0 amide bonds. The first-order chi connectivity index (χ1) is 5.72. The zero-order valence-corrected chi connectivity index (χ0v) is 7.88. The van der Waals surface area contributed by atoms with Crippen molar-refractivity contribution in [3.8, 4) is 0 Å². The van der Waals surface area contributed by atoms with E-state index in [2.05, 4.69) is 6.92 Å². The van der Waals surface area contributed by atoms with Gasteiger partial charge in [0, 0.05) is 6.42 Å². The fourth-order valence-electron chi connectivity index (χ4n) is 2.40. The van der Waals surface area contributed by atoms with Crippen molar-refractivity contribution in [2.75, 3.05) is 6.54 Å². The second kappa shape index (κ2) is 4.04. The van der Waals surface area contributed by atoms with Gasteiger partial charge in [0.15, 0.2) is 0 Å². The summed E-state index contributed by atoms with van der Waals surface area (Å²) in [7, 11) is 0. The molecule has 2 N–H and O–H groups in total. The number of carbonyl (C=O) groups excluding carboxylic acids is 1. The number of rotatable bonds is 3. The van der Waals surface area contributed by atoms with Crippen LogP contribution in [0, 0.1) is 11.3 Å². The Morgan fingerprint density at radius 3 is 2.92 bits per heavy atom. The number of hydrogen-bond acceptors (Lipinski definition) is 2. The van der Waals surface area contributed by atoms with Crippen molar-refractivity contribution in [1.82, 2.24) is 0 Å². The van der Waals surface area contributed by atoms with Crippen LogP contribution in [0.5, 0.6) is 0 Å². The minimum absolute atomic E-state index is 0.152. The van der Waals surface area contributed by atoms with Gasteiger partial charge in [0.2, 0.25) is 0 Å². The lowest BCUT2D eigenvalue weighted by atomic mass is 9.68. The molecule has 2 nitrogen and oxygen atoms in total. The van der Waals surface area contributed by atoms with Crippen LogP contribution in [0.15, 0.2) is 0 Å². The van der Waals surface area contributed by atoms with Gasteiger partial charge in [-0.2, -0.15) is 0 Å². The molecule has 1 aliphatic carbocycles. The first-order valence-electron chi connectivity index (χ1n) is 4.86. The van der Waals surface area contributed by atoms with E-state index in [0.29, 0.717) is 13.0 Å². The van der Waals surface area contributed by atoms with Crippen LogP contribution in [0.2, 0.25) is 0 Å². The van der Waals surface area contributed by atoms with Gasteiger partial charge in [-0.15, -0.1) is 0 Å². The third-order valence-electron chi connectivity index (χ3n) is 3.13. The topological polar surface area (TPSA) is 43.1 Å². The second-order valence-corrected chi connectivity index (χ2v) is 4.28. The van der Waals surface area contributed by atoms with Gasteiger partial charge in [-0.1, -0.05) is 19.8 Å². The molecule has 0 saturated heterocycles. The van der Waals surface area contributed by atoms with Gasteiger partial charge in [0.05, 0.1) is 0 Å². The molecule has 0 bridgehead atoms. The molecule has 12 heavy (non-hydrogen) atoms. The Morgan fingerprint density at radius 2 is 2.42 bits per heavy atom. The highest BCUT2D eigenvalue weighted by molar-refractivity contribution is 5.50. The Balaban J connectivity index is 2.57. The first kappa shape index (κ1) is 9.72. The van der Waals surface area contributed by atoms with Crippen LogP contribution in [0.4, 0.5) is 0 Å². The molecule has 2 heteroatoms. The highest BCUT2D eigenvalue weighted by Crippen LogP contribution is 2.40. The molecule has 0 unspecified atom stereocenters.